The lowest BCUT2D eigenvalue weighted by atomic mass is 10.1. The Hall–Kier alpha value is -3.13. The van der Waals surface area contributed by atoms with Crippen LogP contribution in [0.25, 0.3) is 6.08 Å². The van der Waals surface area contributed by atoms with Crippen molar-refractivity contribution in [1.29, 1.82) is 0 Å². The van der Waals surface area contributed by atoms with E-state index in [1.165, 1.54) is 6.08 Å². The molecule has 3 amide bonds. The number of primary amides is 1. The first-order valence-electron chi connectivity index (χ1n) is 8.39. The number of ether oxygens (including phenoxy) is 1. The quantitative estimate of drug-likeness (QED) is 0.542. The van der Waals surface area contributed by atoms with Gasteiger partial charge in [0.25, 0.3) is 5.91 Å². The van der Waals surface area contributed by atoms with Crippen molar-refractivity contribution in [1.82, 2.24) is 5.32 Å². The summed E-state index contributed by atoms with van der Waals surface area (Å²) in [4.78, 5) is 35.4. The number of carbonyl (C=O) groups excluding carboxylic acids is 3. The largest absolute Gasteiger partial charge is 0.496 e. The van der Waals surface area contributed by atoms with Crippen LogP contribution in [0.15, 0.2) is 53.0 Å². The van der Waals surface area contributed by atoms with E-state index in [0.717, 1.165) is 10.0 Å². The van der Waals surface area contributed by atoms with E-state index >= 15 is 0 Å². The molecule has 0 aliphatic rings. The highest BCUT2D eigenvalue weighted by atomic mass is 79.9. The maximum Gasteiger partial charge on any atom is 0.253 e. The van der Waals surface area contributed by atoms with Crippen LogP contribution in [0.2, 0.25) is 0 Å². The Morgan fingerprint density at radius 1 is 1.18 bits per heavy atom. The van der Waals surface area contributed by atoms with Gasteiger partial charge in [-0.1, -0.05) is 28.1 Å². The molecule has 0 fully saturated rings. The molecule has 146 valence electrons. The predicted molar refractivity (Wildman–Crippen MR) is 111 cm³/mol. The van der Waals surface area contributed by atoms with Crippen LogP contribution in [0.4, 0.5) is 5.69 Å². The zero-order valence-corrected chi connectivity index (χ0v) is 16.8. The van der Waals surface area contributed by atoms with Crippen LogP contribution in [0.1, 0.15) is 22.3 Å². The molecule has 0 bridgehead atoms. The lowest BCUT2D eigenvalue weighted by Gasteiger charge is -2.10. The molecule has 0 radical (unpaired) electrons. The van der Waals surface area contributed by atoms with Crippen molar-refractivity contribution in [3.63, 3.8) is 0 Å². The summed E-state index contributed by atoms with van der Waals surface area (Å²) < 4.78 is 6.12. The molecular formula is C20H20BrN3O4. The Labute approximate surface area is 171 Å². The van der Waals surface area contributed by atoms with Crippen LogP contribution < -0.4 is 21.1 Å². The van der Waals surface area contributed by atoms with Crippen LogP contribution in [-0.4, -0.2) is 31.4 Å². The van der Waals surface area contributed by atoms with Crippen molar-refractivity contribution in [3.8, 4) is 5.75 Å². The van der Waals surface area contributed by atoms with Gasteiger partial charge in [-0.3, -0.25) is 14.4 Å². The van der Waals surface area contributed by atoms with E-state index in [1.54, 1.807) is 43.5 Å². The minimum Gasteiger partial charge on any atom is -0.496 e. The highest BCUT2D eigenvalue weighted by Crippen LogP contribution is 2.24. The number of para-hydroxylation sites is 1. The zero-order valence-electron chi connectivity index (χ0n) is 15.2. The number of rotatable bonds is 8. The summed E-state index contributed by atoms with van der Waals surface area (Å²) in [5, 5.41) is 5.27. The van der Waals surface area contributed by atoms with Gasteiger partial charge in [-0.05, 0) is 36.4 Å². The molecule has 0 heterocycles. The van der Waals surface area contributed by atoms with Crippen molar-refractivity contribution in [2.45, 2.75) is 6.42 Å². The van der Waals surface area contributed by atoms with Gasteiger partial charge < -0.3 is 21.1 Å². The van der Waals surface area contributed by atoms with E-state index in [4.69, 9.17) is 10.5 Å². The molecule has 7 nitrogen and oxygen atoms in total. The molecule has 0 unspecified atom stereocenters. The Bertz CT molecular complexity index is 912. The fourth-order valence-corrected chi connectivity index (χ4v) is 2.74. The summed E-state index contributed by atoms with van der Waals surface area (Å²) in [6.45, 7) is 0.124. The third-order valence-electron chi connectivity index (χ3n) is 3.69. The molecule has 2 aromatic carbocycles. The summed E-state index contributed by atoms with van der Waals surface area (Å²) >= 11 is 3.38. The second-order valence-electron chi connectivity index (χ2n) is 5.73. The molecule has 0 aliphatic heterocycles. The first-order chi connectivity index (χ1) is 13.4. The Morgan fingerprint density at radius 3 is 2.64 bits per heavy atom. The highest BCUT2D eigenvalue weighted by molar-refractivity contribution is 9.10. The van der Waals surface area contributed by atoms with Gasteiger partial charge in [0, 0.05) is 29.1 Å². The molecule has 0 aliphatic carbocycles. The summed E-state index contributed by atoms with van der Waals surface area (Å²) in [6, 6.07) is 12.0. The third-order valence-corrected chi connectivity index (χ3v) is 4.19. The van der Waals surface area contributed by atoms with E-state index in [1.807, 2.05) is 12.1 Å². The van der Waals surface area contributed by atoms with Gasteiger partial charge in [-0.15, -0.1) is 0 Å². The monoisotopic (exact) mass is 445 g/mol. The zero-order chi connectivity index (χ0) is 20.5. The number of benzene rings is 2. The summed E-state index contributed by atoms with van der Waals surface area (Å²) in [5.74, 6) is -0.689. The van der Waals surface area contributed by atoms with Gasteiger partial charge in [-0.2, -0.15) is 0 Å². The summed E-state index contributed by atoms with van der Waals surface area (Å²) in [5.41, 5.74) is 6.43. The average Bonchev–Trinajstić information content (AvgIpc) is 2.66. The predicted octanol–water partition coefficient (Wildman–Crippen LogP) is 2.71. The van der Waals surface area contributed by atoms with Gasteiger partial charge in [-0.25, -0.2) is 0 Å². The SMILES string of the molecule is COc1ccc(Br)cc1/C=C/C(=O)Nc1ccccc1C(=O)NCCC(N)=O. The number of hydrogen-bond donors (Lipinski definition) is 3. The normalized spacial score (nSPS) is 10.5. The van der Waals surface area contributed by atoms with Crippen molar-refractivity contribution in [3.05, 3.63) is 64.1 Å². The smallest absolute Gasteiger partial charge is 0.253 e. The topological polar surface area (TPSA) is 111 Å². The average molecular weight is 446 g/mol. The first-order valence-corrected chi connectivity index (χ1v) is 9.18. The lowest BCUT2D eigenvalue weighted by molar-refractivity contribution is -0.118. The van der Waals surface area contributed by atoms with Gasteiger partial charge in [0.2, 0.25) is 11.8 Å². The second-order valence-corrected chi connectivity index (χ2v) is 6.64. The number of nitrogens with one attached hydrogen (secondary N) is 2. The third kappa shape index (κ3) is 6.24. The lowest BCUT2D eigenvalue weighted by Crippen LogP contribution is -2.28. The minimum atomic E-state index is -0.505. The van der Waals surface area contributed by atoms with Crippen LogP contribution in [0.3, 0.4) is 0 Å². The molecule has 2 aromatic rings. The maximum absolute atomic E-state index is 12.3. The second kappa shape index (κ2) is 10.3. The summed E-state index contributed by atoms with van der Waals surface area (Å²) in [6.07, 6.45) is 3.01. The summed E-state index contributed by atoms with van der Waals surface area (Å²) in [7, 11) is 1.55. The van der Waals surface area contributed by atoms with Gasteiger partial charge >= 0.3 is 0 Å². The first kappa shape index (κ1) is 21.2. The standard InChI is InChI=1S/C20H20BrN3O4/c1-28-17-8-7-14(21)12-13(17)6-9-19(26)24-16-5-3-2-4-15(16)20(27)23-11-10-18(22)25/h2-9,12H,10-11H2,1H3,(H2,22,25)(H,23,27)(H,24,26)/b9-6+. The van der Waals surface area contributed by atoms with Crippen LogP contribution in [0.5, 0.6) is 5.75 Å². The van der Waals surface area contributed by atoms with E-state index in [2.05, 4.69) is 26.6 Å². The van der Waals surface area contributed by atoms with Crippen LogP contribution >= 0.6 is 15.9 Å². The molecule has 0 aromatic heterocycles. The van der Waals surface area contributed by atoms with Gasteiger partial charge in [0.15, 0.2) is 0 Å². The van der Waals surface area contributed by atoms with Crippen molar-refractivity contribution in [2.24, 2.45) is 5.73 Å². The molecule has 4 N–H and O–H groups in total. The molecule has 0 atom stereocenters. The fraction of sp³-hybridized carbons (Fsp3) is 0.150. The molecule has 2 rings (SSSR count). The van der Waals surface area contributed by atoms with E-state index < -0.39 is 17.7 Å². The molecule has 0 spiro atoms. The van der Waals surface area contributed by atoms with Crippen molar-refractivity contribution in [2.75, 3.05) is 19.0 Å². The highest BCUT2D eigenvalue weighted by Gasteiger charge is 2.12. The van der Waals surface area contributed by atoms with Crippen molar-refractivity contribution < 1.29 is 19.1 Å². The van der Waals surface area contributed by atoms with Gasteiger partial charge in [0.1, 0.15) is 5.75 Å². The van der Waals surface area contributed by atoms with Crippen molar-refractivity contribution >= 4 is 45.4 Å². The van der Waals surface area contributed by atoms with Crippen LogP contribution in [-0.2, 0) is 9.59 Å². The van der Waals surface area contributed by atoms with Crippen LogP contribution in [0, 0.1) is 0 Å². The molecule has 0 saturated carbocycles. The molecule has 28 heavy (non-hydrogen) atoms. The molecular weight excluding hydrogens is 426 g/mol. The number of halogens is 1. The maximum atomic E-state index is 12.3. The number of anilines is 1. The molecule has 8 heteroatoms. The minimum absolute atomic E-state index is 0.0392. The van der Waals surface area contributed by atoms with Gasteiger partial charge in [0.05, 0.1) is 18.4 Å². The van der Waals surface area contributed by atoms with E-state index in [-0.39, 0.29) is 18.5 Å². The Morgan fingerprint density at radius 2 is 1.93 bits per heavy atom. The molecule has 0 saturated heterocycles. The number of carbonyl (C=O) groups is 3. The van der Waals surface area contributed by atoms with E-state index in [0.29, 0.717) is 11.4 Å². The Balaban J connectivity index is 2.09. The number of methoxy groups -OCH3 is 1. The Kier molecular flexibility index (Phi) is 7.76. The van der Waals surface area contributed by atoms with E-state index in [9.17, 15) is 14.4 Å². The number of nitrogens with two attached hydrogens (primary N) is 1. The number of hydrogen-bond acceptors (Lipinski definition) is 4. The number of amides is 3. The fourth-order valence-electron chi connectivity index (χ4n) is 2.36.